The lowest BCUT2D eigenvalue weighted by Gasteiger charge is -2.21. The molecule has 0 saturated carbocycles. The smallest absolute Gasteiger partial charge is 0.354 e. The van der Waals surface area contributed by atoms with Gasteiger partial charge in [-0.2, -0.15) is 10.2 Å². The summed E-state index contributed by atoms with van der Waals surface area (Å²) in [6.07, 6.45) is 6.23. The van der Waals surface area contributed by atoms with Gasteiger partial charge in [-0.05, 0) is 86.7 Å². The summed E-state index contributed by atoms with van der Waals surface area (Å²) in [6, 6.07) is 9.91. The summed E-state index contributed by atoms with van der Waals surface area (Å²) in [5.41, 5.74) is 4.79. The molecule has 4 aromatic heterocycles. The summed E-state index contributed by atoms with van der Waals surface area (Å²) in [6.45, 7) is 7.98. The SMILES string of the molecule is Cc1c(C(=O)OC(C)(C)C)ccc2c1CC[C@@H]2NC(=O)c1cc(C(=O)O)nc2ccnn12.ClNCc1ccc2ncnn2c1. The van der Waals surface area contributed by atoms with Crippen molar-refractivity contribution in [2.45, 2.75) is 58.7 Å². The molecule has 0 fully saturated rings. The molecule has 14 heteroatoms. The summed E-state index contributed by atoms with van der Waals surface area (Å²) in [5.74, 6) is -2.04. The van der Waals surface area contributed by atoms with E-state index in [0.29, 0.717) is 24.9 Å². The highest BCUT2D eigenvalue weighted by Gasteiger charge is 2.30. The van der Waals surface area contributed by atoms with Gasteiger partial charge in [0.2, 0.25) is 0 Å². The third-order valence-electron chi connectivity index (χ3n) is 7.03. The number of rotatable bonds is 6. The van der Waals surface area contributed by atoms with Crippen molar-refractivity contribution < 1.29 is 24.2 Å². The molecule has 5 aromatic rings. The number of fused-ring (bicyclic) bond motifs is 3. The van der Waals surface area contributed by atoms with Crippen LogP contribution >= 0.6 is 11.8 Å². The largest absolute Gasteiger partial charge is 0.477 e. The predicted octanol–water partition coefficient (Wildman–Crippen LogP) is 4.08. The number of halogens is 1. The molecule has 4 heterocycles. The normalized spacial score (nSPS) is 14.2. The Morgan fingerprint density at radius 2 is 1.91 bits per heavy atom. The average molecular weight is 619 g/mol. The molecule has 13 nitrogen and oxygen atoms in total. The summed E-state index contributed by atoms with van der Waals surface area (Å²) >= 11 is 5.37. The summed E-state index contributed by atoms with van der Waals surface area (Å²) in [5, 5.41) is 20.4. The molecule has 0 saturated heterocycles. The standard InChI is InChI=1S/C23H24N4O5.C7H7ClN4/c1-12-13-7-8-16(15(13)6-5-14(12)22(31)32-23(2,3)4)26-20(28)18-11-17(21(29)30)25-19-9-10-24-27(18)19;8-10-3-6-1-2-7-9-5-11-12(7)4-6/h5-6,9-11,16H,7-8H2,1-4H3,(H,26,28)(H,29,30);1-2,4-5,10H,3H2/t16-;/m0./s1. The van der Waals surface area contributed by atoms with E-state index in [1.165, 1.54) is 29.2 Å². The van der Waals surface area contributed by atoms with E-state index in [1.807, 2.05) is 52.1 Å². The average Bonchev–Trinajstić information content (AvgIpc) is 3.72. The maximum Gasteiger partial charge on any atom is 0.354 e. The van der Waals surface area contributed by atoms with E-state index in [4.69, 9.17) is 16.5 Å². The molecule has 0 bridgehead atoms. The lowest BCUT2D eigenvalue weighted by molar-refractivity contribution is 0.00682. The maximum absolute atomic E-state index is 13.0. The first-order valence-corrected chi connectivity index (χ1v) is 14.2. The van der Waals surface area contributed by atoms with Crippen molar-refractivity contribution in [2.24, 2.45) is 0 Å². The van der Waals surface area contributed by atoms with Crippen molar-refractivity contribution >= 4 is 40.9 Å². The minimum atomic E-state index is -1.22. The molecule has 228 valence electrons. The number of carboxylic acids is 1. The monoisotopic (exact) mass is 618 g/mol. The van der Waals surface area contributed by atoms with Crippen LogP contribution in [0.2, 0.25) is 0 Å². The highest BCUT2D eigenvalue weighted by molar-refractivity contribution is 6.13. The Balaban J connectivity index is 0.000000266. The van der Waals surface area contributed by atoms with Crippen LogP contribution in [0.3, 0.4) is 0 Å². The first kappa shape index (κ1) is 30.6. The van der Waals surface area contributed by atoms with Crippen LogP contribution in [-0.2, 0) is 17.7 Å². The lowest BCUT2D eigenvalue weighted by atomic mass is 9.97. The number of pyridine rings is 1. The number of hydrogen-bond donors (Lipinski definition) is 3. The van der Waals surface area contributed by atoms with E-state index in [-0.39, 0.29) is 29.0 Å². The minimum absolute atomic E-state index is 0.0907. The Bertz CT molecular complexity index is 1880. The van der Waals surface area contributed by atoms with Gasteiger partial charge in [-0.25, -0.2) is 33.4 Å². The second-order valence-electron chi connectivity index (χ2n) is 11.2. The first-order chi connectivity index (χ1) is 20.9. The number of aromatic carboxylic acids is 1. The number of esters is 1. The number of ether oxygens (including phenoxy) is 1. The van der Waals surface area contributed by atoms with Crippen LogP contribution in [0.25, 0.3) is 11.3 Å². The third-order valence-corrected chi connectivity index (χ3v) is 7.17. The fourth-order valence-corrected chi connectivity index (χ4v) is 5.20. The van der Waals surface area contributed by atoms with Gasteiger partial charge < -0.3 is 15.2 Å². The fourth-order valence-electron chi connectivity index (χ4n) is 5.04. The zero-order chi connectivity index (χ0) is 31.6. The van der Waals surface area contributed by atoms with Crippen LogP contribution in [-0.4, -0.2) is 57.7 Å². The molecule has 6 rings (SSSR count). The predicted molar refractivity (Wildman–Crippen MR) is 161 cm³/mol. The van der Waals surface area contributed by atoms with E-state index in [0.717, 1.165) is 27.9 Å². The molecule has 0 spiro atoms. The lowest BCUT2D eigenvalue weighted by Crippen LogP contribution is -2.29. The van der Waals surface area contributed by atoms with Gasteiger partial charge in [0, 0.05) is 24.9 Å². The Kier molecular flexibility index (Phi) is 8.61. The number of carbonyl (C=O) groups is 3. The summed E-state index contributed by atoms with van der Waals surface area (Å²) in [7, 11) is 0. The molecule has 0 aliphatic heterocycles. The Morgan fingerprint density at radius 1 is 1.11 bits per heavy atom. The Labute approximate surface area is 257 Å². The number of hydrogen-bond acceptors (Lipinski definition) is 9. The quantitative estimate of drug-likeness (QED) is 0.186. The molecule has 1 aliphatic carbocycles. The number of carboxylic acid groups (broad SMARTS) is 1. The number of benzene rings is 1. The second kappa shape index (κ2) is 12.4. The zero-order valence-electron chi connectivity index (χ0n) is 24.5. The maximum atomic E-state index is 13.0. The van der Waals surface area contributed by atoms with Gasteiger partial charge >= 0.3 is 11.9 Å². The van der Waals surface area contributed by atoms with E-state index < -0.39 is 17.5 Å². The topological polar surface area (TPSA) is 165 Å². The van der Waals surface area contributed by atoms with Crippen LogP contribution in [0.1, 0.15) is 86.8 Å². The van der Waals surface area contributed by atoms with Gasteiger partial charge in [0.15, 0.2) is 17.0 Å². The molecule has 44 heavy (non-hydrogen) atoms. The van der Waals surface area contributed by atoms with Crippen molar-refractivity contribution in [3.63, 3.8) is 0 Å². The van der Waals surface area contributed by atoms with E-state index in [2.05, 4.69) is 30.3 Å². The molecule has 0 unspecified atom stereocenters. The van der Waals surface area contributed by atoms with Crippen molar-refractivity contribution in [2.75, 3.05) is 0 Å². The van der Waals surface area contributed by atoms with Gasteiger partial charge in [-0.3, -0.25) is 4.79 Å². The molecule has 1 aliphatic rings. The highest BCUT2D eigenvalue weighted by Crippen LogP contribution is 2.35. The molecular formula is C30H31ClN8O5. The molecule has 1 amide bonds. The Morgan fingerprint density at radius 3 is 2.64 bits per heavy atom. The molecule has 1 atom stereocenters. The van der Waals surface area contributed by atoms with Gasteiger partial charge in [-0.15, -0.1) is 0 Å². The third kappa shape index (κ3) is 6.53. The zero-order valence-corrected chi connectivity index (χ0v) is 25.3. The van der Waals surface area contributed by atoms with Crippen LogP contribution in [0.15, 0.2) is 55.1 Å². The highest BCUT2D eigenvalue weighted by atomic mass is 35.5. The van der Waals surface area contributed by atoms with Crippen molar-refractivity contribution in [1.82, 2.24) is 39.3 Å². The van der Waals surface area contributed by atoms with Crippen molar-refractivity contribution in [1.29, 1.82) is 0 Å². The molecular weight excluding hydrogens is 588 g/mol. The summed E-state index contributed by atoms with van der Waals surface area (Å²) < 4.78 is 8.53. The van der Waals surface area contributed by atoms with E-state index in [9.17, 15) is 19.5 Å². The van der Waals surface area contributed by atoms with E-state index >= 15 is 0 Å². The minimum Gasteiger partial charge on any atom is -0.477 e. The molecule has 3 N–H and O–H groups in total. The number of carbonyl (C=O) groups excluding carboxylic acids is 2. The van der Waals surface area contributed by atoms with Crippen molar-refractivity contribution in [3.8, 4) is 0 Å². The van der Waals surface area contributed by atoms with Crippen LogP contribution in [0.5, 0.6) is 0 Å². The molecule has 0 radical (unpaired) electrons. The van der Waals surface area contributed by atoms with Crippen molar-refractivity contribution in [3.05, 3.63) is 94.3 Å². The van der Waals surface area contributed by atoms with Gasteiger partial charge in [0.1, 0.15) is 17.6 Å². The second-order valence-corrected chi connectivity index (χ2v) is 11.5. The van der Waals surface area contributed by atoms with Crippen LogP contribution in [0, 0.1) is 6.92 Å². The number of nitrogens with zero attached hydrogens (tertiary/aromatic N) is 6. The number of aromatic nitrogens is 6. The number of nitrogens with one attached hydrogen (secondary N) is 2. The Hall–Kier alpha value is -4.88. The first-order valence-electron chi connectivity index (χ1n) is 13.8. The van der Waals surface area contributed by atoms with Gasteiger partial charge in [0.25, 0.3) is 5.91 Å². The van der Waals surface area contributed by atoms with Gasteiger partial charge in [0.05, 0.1) is 17.8 Å². The van der Waals surface area contributed by atoms with Crippen LogP contribution < -0.4 is 10.2 Å². The van der Waals surface area contributed by atoms with Gasteiger partial charge in [-0.1, -0.05) is 12.1 Å². The van der Waals surface area contributed by atoms with Crippen LogP contribution in [0.4, 0.5) is 0 Å². The number of amides is 1. The summed E-state index contributed by atoms with van der Waals surface area (Å²) in [4.78, 5) is 47.6. The molecule has 1 aromatic carbocycles. The van der Waals surface area contributed by atoms with E-state index in [1.54, 1.807) is 10.6 Å². The fraction of sp³-hybridized carbons (Fsp3) is 0.300.